The monoisotopic (exact) mass is 438 g/mol. The smallest absolute Gasteiger partial charge is 0.227 e. The topological polar surface area (TPSA) is 81.7 Å². The van der Waals surface area contributed by atoms with E-state index in [1.54, 1.807) is 13.1 Å². The maximum absolute atomic E-state index is 11.5. The Bertz CT molecular complexity index is 1000. The molecule has 3 heterocycles. The van der Waals surface area contributed by atoms with Crippen LogP contribution in [-0.4, -0.2) is 70.6 Å². The number of rotatable bonds is 5. The van der Waals surface area contributed by atoms with E-state index < -0.39 is 0 Å². The van der Waals surface area contributed by atoms with Crippen LogP contribution in [0.25, 0.3) is 4.91 Å². The molecular weight excluding hydrogens is 412 g/mol. The van der Waals surface area contributed by atoms with Gasteiger partial charge in [-0.2, -0.15) is 0 Å². The first-order valence-corrected chi connectivity index (χ1v) is 11.1. The number of thioether (sulfide) groups is 1. The molecular formula is C22H26N6O2S. The number of hydrogen-bond acceptors (Lipinski definition) is 8. The highest BCUT2D eigenvalue weighted by atomic mass is 32.2. The Balaban J connectivity index is 1.43. The lowest BCUT2D eigenvalue weighted by Crippen LogP contribution is -2.48. The molecule has 1 unspecified atom stereocenters. The average Bonchev–Trinajstić information content (AvgIpc) is 3.08. The third kappa shape index (κ3) is 4.51. The predicted octanol–water partition coefficient (Wildman–Crippen LogP) is 2.78. The van der Waals surface area contributed by atoms with Gasteiger partial charge in [-0.1, -0.05) is 11.8 Å². The zero-order valence-electron chi connectivity index (χ0n) is 17.9. The number of amides is 1. The molecule has 8 nitrogen and oxygen atoms in total. The zero-order chi connectivity index (χ0) is 22.0. The molecule has 2 aromatic rings. The molecule has 0 aliphatic carbocycles. The molecule has 1 fully saturated rings. The number of benzene rings is 1. The molecule has 31 heavy (non-hydrogen) atoms. The minimum absolute atomic E-state index is 0.136. The standard InChI is InChI=1S/C22H26N6O2S/c1-15-21(31-20(14-29)26(15)3)19-8-9-23-22(25-19)24-17-4-6-18(7-5-17)28-12-10-27(11-13-28)16(2)30/h4-9,14,20H,10-13H2,1-3H3,(H,23,24,25). The second kappa shape index (κ2) is 8.97. The molecule has 1 saturated heterocycles. The van der Waals surface area contributed by atoms with E-state index in [1.807, 2.05) is 42.0 Å². The first-order chi connectivity index (χ1) is 15.0. The highest BCUT2D eigenvalue weighted by Gasteiger charge is 2.28. The number of carbonyl (C=O) groups is 2. The Hall–Kier alpha value is -3.07. The number of aldehydes is 1. The molecule has 0 radical (unpaired) electrons. The molecule has 0 spiro atoms. The van der Waals surface area contributed by atoms with Crippen LogP contribution in [0, 0.1) is 0 Å². The van der Waals surface area contributed by atoms with Gasteiger partial charge in [-0.05, 0) is 37.3 Å². The molecule has 1 N–H and O–H groups in total. The van der Waals surface area contributed by atoms with E-state index >= 15 is 0 Å². The molecule has 0 saturated carbocycles. The number of carbonyl (C=O) groups excluding carboxylic acids is 2. The van der Waals surface area contributed by atoms with Gasteiger partial charge in [-0.3, -0.25) is 4.79 Å². The largest absolute Gasteiger partial charge is 0.368 e. The first-order valence-electron chi connectivity index (χ1n) is 10.2. The van der Waals surface area contributed by atoms with Crippen molar-refractivity contribution in [2.24, 2.45) is 0 Å². The zero-order valence-corrected chi connectivity index (χ0v) is 18.7. The van der Waals surface area contributed by atoms with Crippen LogP contribution < -0.4 is 10.2 Å². The van der Waals surface area contributed by atoms with Crippen LogP contribution in [0.2, 0.25) is 0 Å². The lowest BCUT2D eigenvalue weighted by Gasteiger charge is -2.35. The van der Waals surface area contributed by atoms with Crippen LogP contribution in [-0.2, 0) is 9.59 Å². The van der Waals surface area contributed by atoms with Crippen LogP contribution in [0.3, 0.4) is 0 Å². The van der Waals surface area contributed by atoms with Gasteiger partial charge >= 0.3 is 0 Å². The fourth-order valence-corrected chi connectivity index (χ4v) is 4.87. The molecule has 1 amide bonds. The Morgan fingerprint density at radius 2 is 1.87 bits per heavy atom. The van der Waals surface area contributed by atoms with Gasteiger partial charge < -0.3 is 24.8 Å². The molecule has 162 valence electrons. The Morgan fingerprint density at radius 3 is 2.48 bits per heavy atom. The second-order valence-corrected chi connectivity index (χ2v) is 8.73. The van der Waals surface area contributed by atoms with Gasteiger partial charge in [0, 0.05) is 63.4 Å². The van der Waals surface area contributed by atoms with Gasteiger partial charge in [0.1, 0.15) is 5.37 Å². The van der Waals surface area contributed by atoms with Crippen molar-refractivity contribution < 1.29 is 9.59 Å². The highest BCUT2D eigenvalue weighted by molar-refractivity contribution is 8.09. The van der Waals surface area contributed by atoms with Gasteiger partial charge in [-0.15, -0.1) is 0 Å². The number of likely N-dealkylation sites (N-methyl/N-ethyl adjacent to an activating group) is 1. The van der Waals surface area contributed by atoms with Crippen LogP contribution in [0.4, 0.5) is 17.3 Å². The van der Waals surface area contributed by atoms with Crippen molar-refractivity contribution in [3.63, 3.8) is 0 Å². The number of nitrogens with zero attached hydrogens (tertiary/aromatic N) is 5. The summed E-state index contributed by atoms with van der Waals surface area (Å²) in [6, 6.07) is 10.0. The average molecular weight is 439 g/mol. The molecule has 4 rings (SSSR count). The van der Waals surface area contributed by atoms with E-state index in [0.29, 0.717) is 5.95 Å². The number of hydrogen-bond donors (Lipinski definition) is 1. The molecule has 1 aromatic heterocycles. The summed E-state index contributed by atoms with van der Waals surface area (Å²) in [7, 11) is 1.91. The van der Waals surface area contributed by atoms with E-state index in [2.05, 4.69) is 32.3 Å². The van der Waals surface area contributed by atoms with Crippen molar-refractivity contribution >= 4 is 46.2 Å². The summed E-state index contributed by atoms with van der Waals surface area (Å²) < 4.78 is 0. The maximum Gasteiger partial charge on any atom is 0.227 e. The minimum Gasteiger partial charge on any atom is -0.368 e. The third-order valence-electron chi connectivity index (χ3n) is 5.70. The number of anilines is 3. The fourth-order valence-electron chi connectivity index (χ4n) is 3.71. The van der Waals surface area contributed by atoms with E-state index in [9.17, 15) is 9.59 Å². The number of piperazine rings is 1. The minimum atomic E-state index is -0.216. The highest BCUT2D eigenvalue weighted by Crippen LogP contribution is 2.41. The summed E-state index contributed by atoms with van der Waals surface area (Å²) >= 11 is 1.50. The van der Waals surface area contributed by atoms with Gasteiger partial charge in [0.15, 0.2) is 6.29 Å². The van der Waals surface area contributed by atoms with Crippen molar-refractivity contribution in [2.45, 2.75) is 19.2 Å². The van der Waals surface area contributed by atoms with E-state index in [-0.39, 0.29) is 11.3 Å². The normalized spacial score (nSPS) is 19.1. The number of nitrogens with one attached hydrogen (secondary N) is 1. The molecule has 1 aromatic carbocycles. The van der Waals surface area contributed by atoms with Gasteiger partial charge in [0.2, 0.25) is 11.9 Å². The first kappa shape index (κ1) is 21.2. The molecule has 0 bridgehead atoms. The van der Waals surface area contributed by atoms with Crippen molar-refractivity contribution in [1.82, 2.24) is 19.8 Å². The third-order valence-corrected chi connectivity index (χ3v) is 7.11. The van der Waals surface area contributed by atoms with Crippen LogP contribution in [0.15, 0.2) is 42.2 Å². The Kier molecular flexibility index (Phi) is 6.13. The number of aromatic nitrogens is 2. The van der Waals surface area contributed by atoms with Crippen LogP contribution in [0.1, 0.15) is 19.5 Å². The predicted molar refractivity (Wildman–Crippen MR) is 124 cm³/mol. The van der Waals surface area contributed by atoms with E-state index in [4.69, 9.17) is 0 Å². The van der Waals surface area contributed by atoms with Crippen LogP contribution >= 0.6 is 11.8 Å². The Morgan fingerprint density at radius 1 is 1.16 bits per heavy atom. The quantitative estimate of drug-likeness (QED) is 0.714. The van der Waals surface area contributed by atoms with E-state index in [0.717, 1.165) is 60.1 Å². The fraction of sp³-hybridized carbons (Fsp3) is 0.364. The molecule has 9 heteroatoms. The van der Waals surface area contributed by atoms with Gasteiger partial charge in [0.05, 0.1) is 10.6 Å². The molecule has 2 aliphatic rings. The summed E-state index contributed by atoms with van der Waals surface area (Å²) in [6.45, 7) is 6.79. The lowest BCUT2D eigenvalue weighted by molar-refractivity contribution is -0.129. The van der Waals surface area contributed by atoms with Crippen LogP contribution in [0.5, 0.6) is 0 Å². The summed E-state index contributed by atoms with van der Waals surface area (Å²) in [4.78, 5) is 38.9. The number of allylic oxidation sites excluding steroid dienone is 1. The van der Waals surface area contributed by atoms with E-state index in [1.165, 1.54) is 11.8 Å². The second-order valence-electron chi connectivity index (χ2n) is 7.60. The summed E-state index contributed by atoms with van der Waals surface area (Å²) in [6.07, 6.45) is 2.67. The Labute approximate surface area is 186 Å². The lowest BCUT2D eigenvalue weighted by atomic mass is 10.2. The summed E-state index contributed by atoms with van der Waals surface area (Å²) in [5, 5.41) is 3.05. The SMILES string of the molecule is CC(=O)N1CCN(c2ccc(Nc3nccc(C4=C(C)N(C)C(C=O)S4)n3)cc2)CC1. The van der Waals surface area contributed by atoms with Crippen molar-refractivity contribution in [3.8, 4) is 0 Å². The summed E-state index contributed by atoms with van der Waals surface area (Å²) in [5.74, 6) is 0.648. The molecule has 2 aliphatic heterocycles. The van der Waals surface area contributed by atoms with Crippen molar-refractivity contribution in [3.05, 3.63) is 47.9 Å². The van der Waals surface area contributed by atoms with Crippen molar-refractivity contribution in [2.75, 3.05) is 43.4 Å². The molecule has 1 atom stereocenters. The van der Waals surface area contributed by atoms with Gasteiger partial charge in [0.25, 0.3) is 0 Å². The maximum atomic E-state index is 11.5. The van der Waals surface area contributed by atoms with Gasteiger partial charge in [-0.25, -0.2) is 9.97 Å². The summed E-state index contributed by atoms with van der Waals surface area (Å²) in [5.41, 5.74) is 3.86. The van der Waals surface area contributed by atoms with Crippen molar-refractivity contribution in [1.29, 1.82) is 0 Å².